The zero-order valence-electron chi connectivity index (χ0n) is 17.7. The van der Waals surface area contributed by atoms with Gasteiger partial charge in [0.2, 0.25) is 0 Å². The molecule has 0 radical (unpaired) electrons. The molecular weight excluding hydrogens is 367 g/mol. The molecule has 0 aliphatic heterocycles. The Hall–Kier alpha value is 0.130. The average Bonchev–Trinajstić information content (AvgIpc) is 2.62. The quantitative estimate of drug-likeness (QED) is 0.254. The van der Waals surface area contributed by atoms with Gasteiger partial charge < -0.3 is 4.55 Å². The van der Waals surface area contributed by atoms with Gasteiger partial charge in [-0.25, -0.2) is 8.42 Å². The van der Waals surface area contributed by atoms with Gasteiger partial charge in [0, 0.05) is 0 Å². The Balaban J connectivity index is 0.00000676. The molecule has 0 aromatic heterocycles. The molecule has 0 fully saturated rings. The van der Waals surface area contributed by atoms with Gasteiger partial charge in [-0.2, -0.15) is 0 Å². The number of benzene rings is 1. The van der Waals surface area contributed by atoms with Crippen molar-refractivity contribution in [3.63, 3.8) is 0 Å². The SMILES string of the molecule is CCCCCCCCCCCCC(CCC)c1ccc(S(=O)(=O)[O-])cc1.[Na+]. The summed E-state index contributed by atoms with van der Waals surface area (Å²) < 4.78 is 33.2. The Labute approximate surface area is 189 Å². The molecule has 27 heavy (non-hydrogen) atoms. The molecule has 3 nitrogen and oxygen atoms in total. The number of hydrogen-bond donors (Lipinski definition) is 0. The molecule has 0 saturated heterocycles. The Kier molecular flexibility index (Phi) is 16.1. The molecule has 0 aliphatic carbocycles. The first kappa shape index (κ1) is 27.1. The molecule has 1 unspecified atom stereocenters. The summed E-state index contributed by atoms with van der Waals surface area (Å²) in [4.78, 5) is -0.129. The van der Waals surface area contributed by atoms with Gasteiger partial charge in [-0.1, -0.05) is 96.6 Å². The van der Waals surface area contributed by atoms with Crippen LogP contribution in [-0.2, 0) is 10.1 Å². The summed E-state index contributed by atoms with van der Waals surface area (Å²) in [5.41, 5.74) is 1.16. The molecule has 0 N–H and O–H groups in total. The Bertz CT molecular complexity index is 570. The third-order valence-electron chi connectivity index (χ3n) is 5.18. The molecule has 0 saturated carbocycles. The third-order valence-corrected chi connectivity index (χ3v) is 6.03. The van der Waals surface area contributed by atoms with Crippen molar-refractivity contribution in [2.24, 2.45) is 0 Å². The number of unbranched alkanes of at least 4 members (excludes halogenated alkanes) is 9. The monoisotopic (exact) mass is 404 g/mol. The summed E-state index contributed by atoms with van der Waals surface area (Å²) in [6, 6.07) is 6.56. The molecule has 0 bridgehead atoms. The van der Waals surface area contributed by atoms with Gasteiger partial charge in [-0.05, 0) is 36.5 Å². The van der Waals surface area contributed by atoms with E-state index in [1.165, 1.54) is 76.3 Å². The predicted octanol–water partition coefficient (Wildman–Crippen LogP) is 3.79. The summed E-state index contributed by atoms with van der Waals surface area (Å²) in [5, 5.41) is 0. The van der Waals surface area contributed by atoms with Crippen molar-refractivity contribution in [1.29, 1.82) is 0 Å². The minimum absolute atomic E-state index is 0. The molecule has 1 aromatic carbocycles. The van der Waals surface area contributed by atoms with Gasteiger partial charge in [-0.3, -0.25) is 0 Å². The van der Waals surface area contributed by atoms with E-state index in [2.05, 4.69) is 13.8 Å². The van der Waals surface area contributed by atoms with Crippen LogP contribution in [0.3, 0.4) is 0 Å². The second kappa shape index (κ2) is 16.0. The predicted molar refractivity (Wildman–Crippen MR) is 109 cm³/mol. The second-order valence-electron chi connectivity index (χ2n) is 7.48. The fraction of sp³-hybridized carbons (Fsp3) is 0.727. The summed E-state index contributed by atoms with van der Waals surface area (Å²) in [7, 11) is -4.35. The van der Waals surface area contributed by atoms with Crippen LogP contribution in [0.15, 0.2) is 29.2 Å². The van der Waals surface area contributed by atoms with E-state index in [1.54, 1.807) is 0 Å². The van der Waals surface area contributed by atoms with E-state index in [0.717, 1.165) is 24.8 Å². The summed E-state index contributed by atoms with van der Waals surface area (Å²) in [5.74, 6) is 0.470. The first-order chi connectivity index (χ1) is 12.5. The molecule has 1 aromatic rings. The average molecular weight is 405 g/mol. The molecule has 1 atom stereocenters. The topological polar surface area (TPSA) is 57.2 Å². The van der Waals surface area contributed by atoms with Crippen LogP contribution < -0.4 is 29.6 Å². The normalized spacial score (nSPS) is 12.6. The first-order valence-corrected chi connectivity index (χ1v) is 12.0. The molecule has 150 valence electrons. The standard InChI is InChI=1S/C22H38O3S.Na/c1-3-5-6-7-8-9-10-11-12-13-15-20(14-4-2)21-16-18-22(19-17-21)26(23,24)25;/h16-20H,3-15H2,1-2H3,(H,23,24,25);/q;+1/p-1. The Morgan fingerprint density at radius 2 is 1.22 bits per heavy atom. The largest absolute Gasteiger partial charge is 1.00 e. The van der Waals surface area contributed by atoms with E-state index in [0.29, 0.717) is 5.92 Å². The third kappa shape index (κ3) is 12.3. The van der Waals surface area contributed by atoms with E-state index >= 15 is 0 Å². The van der Waals surface area contributed by atoms with E-state index < -0.39 is 10.1 Å². The minimum Gasteiger partial charge on any atom is -0.744 e. The van der Waals surface area contributed by atoms with Crippen molar-refractivity contribution in [3.05, 3.63) is 29.8 Å². The van der Waals surface area contributed by atoms with E-state index in [-0.39, 0.29) is 34.5 Å². The molecule has 1 rings (SSSR count). The van der Waals surface area contributed by atoms with Crippen LogP contribution in [0.5, 0.6) is 0 Å². The Morgan fingerprint density at radius 1 is 0.741 bits per heavy atom. The van der Waals surface area contributed by atoms with Crippen LogP contribution in [0.4, 0.5) is 0 Å². The van der Waals surface area contributed by atoms with Gasteiger partial charge in [0.15, 0.2) is 0 Å². The van der Waals surface area contributed by atoms with Crippen LogP contribution in [0.1, 0.15) is 109 Å². The maximum atomic E-state index is 11.1. The van der Waals surface area contributed by atoms with Crippen LogP contribution in [0, 0.1) is 0 Å². The maximum Gasteiger partial charge on any atom is 1.00 e. The zero-order valence-corrected chi connectivity index (χ0v) is 20.5. The molecular formula is C22H37NaO3S. The van der Waals surface area contributed by atoms with Crippen molar-refractivity contribution in [1.82, 2.24) is 0 Å². The molecule has 0 heterocycles. The number of rotatable bonds is 15. The van der Waals surface area contributed by atoms with E-state index in [4.69, 9.17) is 0 Å². The van der Waals surface area contributed by atoms with Gasteiger partial charge >= 0.3 is 29.6 Å². The smallest absolute Gasteiger partial charge is 0.744 e. The van der Waals surface area contributed by atoms with Crippen molar-refractivity contribution >= 4 is 10.1 Å². The van der Waals surface area contributed by atoms with Gasteiger partial charge in [0.1, 0.15) is 10.1 Å². The maximum absolute atomic E-state index is 11.1. The van der Waals surface area contributed by atoms with Gasteiger partial charge in [-0.15, -0.1) is 0 Å². The van der Waals surface area contributed by atoms with Crippen molar-refractivity contribution in [2.75, 3.05) is 0 Å². The zero-order chi connectivity index (χ0) is 19.3. The molecule has 5 heteroatoms. The first-order valence-electron chi connectivity index (χ1n) is 10.5. The van der Waals surface area contributed by atoms with Crippen LogP contribution in [-0.4, -0.2) is 13.0 Å². The van der Waals surface area contributed by atoms with Gasteiger partial charge in [0.05, 0.1) is 4.90 Å². The Morgan fingerprint density at radius 3 is 1.67 bits per heavy atom. The summed E-state index contributed by atoms with van der Waals surface area (Å²) in [6.07, 6.45) is 16.8. The molecule has 0 spiro atoms. The molecule has 0 aliphatic rings. The van der Waals surface area contributed by atoms with Crippen LogP contribution >= 0.6 is 0 Å². The summed E-state index contributed by atoms with van der Waals surface area (Å²) >= 11 is 0. The fourth-order valence-electron chi connectivity index (χ4n) is 3.61. The van der Waals surface area contributed by atoms with Crippen LogP contribution in [0.25, 0.3) is 0 Å². The second-order valence-corrected chi connectivity index (χ2v) is 8.86. The molecule has 0 amide bonds. The van der Waals surface area contributed by atoms with E-state index in [1.807, 2.05) is 12.1 Å². The van der Waals surface area contributed by atoms with Crippen LogP contribution in [0.2, 0.25) is 0 Å². The van der Waals surface area contributed by atoms with Crippen molar-refractivity contribution in [2.45, 2.75) is 108 Å². The van der Waals surface area contributed by atoms with E-state index in [9.17, 15) is 13.0 Å². The minimum atomic E-state index is -4.35. The summed E-state index contributed by atoms with van der Waals surface area (Å²) in [6.45, 7) is 4.44. The fourth-order valence-corrected chi connectivity index (χ4v) is 4.08. The van der Waals surface area contributed by atoms with Crippen molar-refractivity contribution in [3.8, 4) is 0 Å². The van der Waals surface area contributed by atoms with Gasteiger partial charge in [0.25, 0.3) is 0 Å². The van der Waals surface area contributed by atoms with Crippen molar-refractivity contribution < 1.29 is 42.5 Å². The number of hydrogen-bond acceptors (Lipinski definition) is 3.